The van der Waals surface area contributed by atoms with Crippen molar-refractivity contribution in [3.05, 3.63) is 28.3 Å². The van der Waals surface area contributed by atoms with E-state index in [9.17, 15) is 18.5 Å². The van der Waals surface area contributed by atoms with Crippen molar-refractivity contribution in [3.8, 4) is 0 Å². The Kier molecular flexibility index (Phi) is 5.64. The third-order valence-electron chi connectivity index (χ3n) is 3.45. The van der Waals surface area contributed by atoms with E-state index in [0.717, 1.165) is 6.07 Å². The van der Waals surface area contributed by atoms with Crippen LogP contribution in [-0.4, -0.2) is 30.7 Å². The minimum absolute atomic E-state index is 0.124. The number of nitrogens with zero attached hydrogens (tertiary/aromatic N) is 2. The van der Waals surface area contributed by atoms with Gasteiger partial charge in [0.2, 0.25) is 10.0 Å². The average molecular weight is 316 g/mol. The summed E-state index contributed by atoms with van der Waals surface area (Å²) >= 11 is 0. The lowest BCUT2D eigenvalue weighted by Crippen LogP contribution is -2.36. The van der Waals surface area contributed by atoms with Crippen molar-refractivity contribution in [2.24, 2.45) is 5.84 Å². The third-order valence-corrected chi connectivity index (χ3v) is 5.40. The first-order valence-electron chi connectivity index (χ1n) is 6.52. The molecule has 0 aliphatic carbocycles. The molecule has 21 heavy (non-hydrogen) atoms. The second-order valence-corrected chi connectivity index (χ2v) is 6.54. The number of nitro benzene ring substituents is 1. The summed E-state index contributed by atoms with van der Waals surface area (Å²) in [5, 5.41) is 10.8. The molecule has 1 aromatic carbocycles. The number of hydrazine groups is 1. The second kappa shape index (κ2) is 6.83. The minimum Gasteiger partial charge on any atom is -0.323 e. The fourth-order valence-electron chi connectivity index (χ4n) is 2.11. The maximum absolute atomic E-state index is 12.7. The summed E-state index contributed by atoms with van der Waals surface area (Å²) in [5.41, 5.74) is 2.09. The van der Waals surface area contributed by atoms with E-state index in [4.69, 9.17) is 5.84 Å². The fourth-order valence-corrected chi connectivity index (χ4v) is 3.79. The summed E-state index contributed by atoms with van der Waals surface area (Å²) in [4.78, 5) is 10.00. The number of benzene rings is 1. The lowest BCUT2D eigenvalue weighted by Gasteiger charge is -2.26. The molecule has 0 aliphatic rings. The monoisotopic (exact) mass is 316 g/mol. The van der Waals surface area contributed by atoms with E-state index in [1.165, 1.54) is 23.5 Å². The smallest absolute Gasteiger partial charge is 0.270 e. The van der Waals surface area contributed by atoms with Gasteiger partial charge in [-0.2, -0.15) is 4.31 Å². The number of non-ortho nitro benzene ring substituents is 1. The fraction of sp³-hybridized carbons (Fsp3) is 0.500. The summed E-state index contributed by atoms with van der Waals surface area (Å²) in [6, 6.07) is 3.32. The van der Waals surface area contributed by atoms with Gasteiger partial charge in [-0.3, -0.25) is 16.0 Å². The van der Waals surface area contributed by atoms with Gasteiger partial charge < -0.3 is 5.43 Å². The Hall–Kier alpha value is -1.71. The van der Waals surface area contributed by atoms with Crippen LogP contribution in [-0.2, 0) is 10.0 Å². The Bertz CT molecular complexity index is 614. The summed E-state index contributed by atoms with van der Waals surface area (Å²) < 4.78 is 26.5. The molecule has 118 valence electrons. The zero-order valence-electron chi connectivity index (χ0n) is 12.2. The largest absolute Gasteiger partial charge is 0.323 e. The maximum Gasteiger partial charge on any atom is 0.270 e. The molecule has 0 aliphatic heterocycles. The standard InChI is InChI=1S/C12H20N4O4S/c1-4-9(5-2)15(3)21(19,20)12-8-10(16(17)18)6-7-11(12)14-13/h6-9,14H,4-5,13H2,1-3H3. The number of nitrogen functional groups attached to an aromatic ring is 1. The number of hydrogen-bond donors (Lipinski definition) is 2. The van der Waals surface area contributed by atoms with Gasteiger partial charge in [0.05, 0.1) is 10.6 Å². The topological polar surface area (TPSA) is 119 Å². The highest BCUT2D eigenvalue weighted by molar-refractivity contribution is 7.89. The lowest BCUT2D eigenvalue weighted by atomic mass is 10.2. The molecule has 0 atom stereocenters. The molecule has 1 aromatic rings. The number of rotatable bonds is 7. The zero-order valence-corrected chi connectivity index (χ0v) is 13.1. The van der Waals surface area contributed by atoms with Crippen LogP contribution in [0.5, 0.6) is 0 Å². The highest BCUT2D eigenvalue weighted by Gasteiger charge is 2.29. The quantitative estimate of drug-likeness (QED) is 0.449. The average Bonchev–Trinajstić information content (AvgIpc) is 2.47. The Labute approximate surface area is 124 Å². The van der Waals surface area contributed by atoms with Crippen LogP contribution in [0.15, 0.2) is 23.1 Å². The summed E-state index contributed by atoms with van der Waals surface area (Å²) in [6.45, 7) is 3.77. The van der Waals surface area contributed by atoms with Crippen molar-refractivity contribution >= 4 is 21.4 Å². The molecule has 0 amide bonds. The molecule has 0 fully saturated rings. The van der Waals surface area contributed by atoms with Crippen LogP contribution in [0.3, 0.4) is 0 Å². The van der Waals surface area contributed by atoms with Crippen LogP contribution in [0.1, 0.15) is 26.7 Å². The van der Waals surface area contributed by atoms with Crippen molar-refractivity contribution in [1.82, 2.24) is 4.31 Å². The van der Waals surface area contributed by atoms with Crippen LogP contribution in [0, 0.1) is 10.1 Å². The van der Waals surface area contributed by atoms with Gasteiger partial charge in [-0.25, -0.2) is 8.42 Å². The summed E-state index contributed by atoms with van der Waals surface area (Å²) in [5.74, 6) is 5.31. The van der Waals surface area contributed by atoms with Gasteiger partial charge >= 0.3 is 0 Å². The van der Waals surface area contributed by atoms with E-state index in [0.29, 0.717) is 12.8 Å². The molecule has 8 nitrogen and oxygen atoms in total. The first kappa shape index (κ1) is 17.3. The second-order valence-electron chi connectivity index (χ2n) is 4.57. The molecule has 3 N–H and O–H groups in total. The van der Waals surface area contributed by atoms with Gasteiger partial charge in [-0.15, -0.1) is 0 Å². The van der Waals surface area contributed by atoms with E-state index in [1.807, 2.05) is 13.8 Å². The van der Waals surface area contributed by atoms with Crippen LogP contribution < -0.4 is 11.3 Å². The number of nitrogens with one attached hydrogen (secondary N) is 1. The van der Waals surface area contributed by atoms with Gasteiger partial charge in [0.25, 0.3) is 5.69 Å². The molecule has 0 radical (unpaired) electrons. The van der Waals surface area contributed by atoms with Crippen LogP contribution in [0.4, 0.5) is 11.4 Å². The Balaban J connectivity index is 3.41. The predicted octanol–water partition coefficient (Wildman–Crippen LogP) is 1.69. The molecule has 0 bridgehead atoms. The first-order chi connectivity index (χ1) is 9.79. The van der Waals surface area contributed by atoms with Crippen LogP contribution in [0.2, 0.25) is 0 Å². The van der Waals surface area contributed by atoms with E-state index >= 15 is 0 Å². The number of anilines is 1. The van der Waals surface area contributed by atoms with Gasteiger partial charge in [-0.05, 0) is 18.9 Å². The van der Waals surface area contributed by atoms with E-state index < -0.39 is 14.9 Å². The zero-order chi connectivity index (χ0) is 16.2. The number of sulfonamides is 1. The molecular weight excluding hydrogens is 296 g/mol. The number of nitrogens with two attached hydrogens (primary N) is 1. The molecule has 0 saturated carbocycles. The first-order valence-corrected chi connectivity index (χ1v) is 7.96. The maximum atomic E-state index is 12.7. The summed E-state index contributed by atoms with van der Waals surface area (Å²) in [7, 11) is -2.41. The Morgan fingerprint density at radius 3 is 2.38 bits per heavy atom. The highest BCUT2D eigenvalue weighted by atomic mass is 32.2. The van der Waals surface area contributed by atoms with Crippen molar-refractivity contribution < 1.29 is 13.3 Å². The van der Waals surface area contributed by atoms with Gasteiger partial charge in [0.15, 0.2) is 0 Å². The van der Waals surface area contributed by atoms with Gasteiger partial charge in [0.1, 0.15) is 4.90 Å². The molecule has 9 heteroatoms. The van der Waals surface area contributed by atoms with E-state index in [1.54, 1.807) is 0 Å². The van der Waals surface area contributed by atoms with Crippen molar-refractivity contribution in [2.45, 2.75) is 37.6 Å². The molecule has 0 unspecified atom stereocenters. The van der Waals surface area contributed by atoms with Crippen molar-refractivity contribution in [2.75, 3.05) is 12.5 Å². The number of hydrogen-bond acceptors (Lipinski definition) is 6. The van der Waals surface area contributed by atoms with Crippen LogP contribution in [0.25, 0.3) is 0 Å². The normalized spacial score (nSPS) is 11.9. The molecule has 0 aromatic heterocycles. The number of nitro groups is 1. The van der Waals surface area contributed by atoms with Gasteiger partial charge in [-0.1, -0.05) is 13.8 Å². The van der Waals surface area contributed by atoms with Gasteiger partial charge in [0, 0.05) is 25.2 Å². The molecule has 0 heterocycles. The SMILES string of the molecule is CCC(CC)N(C)S(=O)(=O)c1cc([N+](=O)[O-])ccc1NN. The van der Waals surface area contributed by atoms with E-state index in [-0.39, 0.29) is 22.3 Å². The van der Waals surface area contributed by atoms with E-state index in [2.05, 4.69) is 5.43 Å². The molecule has 1 rings (SSSR count). The third kappa shape index (κ3) is 3.49. The van der Waals surface area contributed by atoms with Crippen molar-refractivity contribution in [3.63, 3.8) is 0 Å². The minimum atomic E-state index is -3.87. The Morgan fingerprint density at radius 1 is 1.38 bits per heavy atom. The van der Waals surface area contributed by atoms with Crippen molar-refractivity contribution in [1.29, 1.82) is 0 Å². The predicted molar refractivity (Wildman–Crippen MR) is 80.2 cm³/mol. The Morgan fingerprint density at radius 2 is 1.95 bits per heavy atom. The highest BCUT2D eigenvalue weighted by Crippen LogP contribution is 2.29. The van der Waals surface area contributed by atoms with Crippen LogP contribution >= 0.6 is 0 Å². The lowest BCUT2D eigenvalue weighted by molar-refractivity contribution is -0.385. The molecule has 0 spiro atoms. The molecule has 0 saturated heterocycles. The summed E-state index contributed by atoms with van der Waals surface area (Å²) in [6.07, 6.45) is 1.29. The molecular formula is C12H20N4O4S.